The van der Waals surface area contributed by atoms with Crippen LogP contribution in [0.5, 0.6) is 0 Å². The van der Waals surface area contributed by atoms with Crippen molar-refractivity contribution in [3.05, 3.63) is 29.8 Å². The summed E-state index contributed by atoms with van der Waals surface area (Å²) in [6, 6.07) is 9.29. The summed E-state index contributed by atoms with van der Waals surface area (Å²) >= 11 is 0. The van der Waals surface area contributed by atoms with Crippen molar-refractivity contribution in [3.8, 4) is 0 Å². The lowest BCUT2D eigenvalue weighted by Crippen LogP contribution is -2.39. The minimum atomic E-state index is 0.579. The van der Waals surface area contributed by atoms with Crippen LogP contribution < -0.4 is 5.32 Å². The summed E-state index contributed by atoms with van der Waals surface area (Å²) in [5, 5.41) is 3.67. The van der Waals surface area contributed by atoms with Crippen molar-refractivity contribution in [1.29, 1.82) is 0 Å². The highest BCUT2D eigenvalue weighted by atomic mass is 15.2. The summed E-state index contributed by atoms with van der Waals surface area (Å²) in [6.45, 7) is 12.8. The molecule has 1 aliphatic rings. The molecular formula is C17H28N2. The molecule has 1 unspecified atom stereocenters. The average Bonchev–Trinajstić information content (AvgIpc) is 2.68. The fourth-order valence-electron chi connectivity index (χ4n) is 3.05. The molecule has 2 heteroatoms. The van der Waals surface area contributed by atoms with Crippen molar-refractivity contribution in [1.82, 2.24) is 4.90 Å². The first-order valence-electron chi connectivity index (χ1n) is 7.61. The van der Waals surface area contributed by atoms with Crippen molar-refractivity contribution in [2.45, 2.75) is 40.2 Å². The van der Waals surface area contributed by atoms with Gasteiger partial charge in [-0.3, -0.25) is 0 Å². The predicted molar refractivity (Wildman–Crippen MR) is 83.7 cm³/mol. The van der Waals surface area contributed by atoms with Gasteiger partial charge in [0.25, 0.3) is 0 Å². The number of benzene rings is 1. The van der Waals surface area contributed by atoms with Crippen LogP contribution in [0.15, 0.2) is 24.3 Å². The highest BCUT2D eigenvalue weighted by Crippen LogP contribution is 2.25. The second kappa shape index (κ2) is 6.42. The van der Waals surface area contributed by atoms with Gasteiger partial charge >= 0.3 is 0 Å². The van der Waals surface area contributed by atoms with E-state index in [2.05, 4.69) is 62.2 Å². The van der Waals surface area contributed by atoms with Gasteiger partial charge in [-0.25, -0.2) is 0 Å². The number of nitrogens with one attached hydrogen (secondary N) is 1. The van der Waals surface area contributed by atoms with Gasteiger partial charge in [-0.1, -0.05) is 45.9 Å². The van der Waals surface area contributed by atoms with Crippen molar-refractivity contribution < 1.29 is 0 Å². The molecule has 0 spiro atoms. The van der Waals surface area contributed by atoms with E-state index in [0.717, 1.165) is 18.4 Å². The van der Waals surface area contributed by atoms with Gasteiger partial charge in [-0.05, 0) is 29.9 Å². The monoisotopic (exact) mass is 260 g/mol. The van der Waals surface area contributed by atoms with Gasteiger partial charge in [-0.15, -0.1) is 0 Å². The van der Waals surface area contributed by atoms with Gasteiger partial charge in [0.15, 0.2) is 0 Å². The van der Waals surface area contributed by atoms with Crippen LogP contribution in [-0.4, -0.2) is 30.6 Å². The third kappa shape index (κ3) is 4.24. The molecular weight excluding hydrogens is 232 g/mol. The van der Waals surface area contributed by atoms with Crippen LogP contribution in [0.4, 0.5) is 5.69 Å². The Balaban J connectivity index is 1.92. The Hall–Kier alpha value is -1.02. The molecule has 0 radical (unpaired) electrons. The van der Waals surface area contributed by atoms with Crippen molar-refractivity contribution in [3.63, 3.8) is 0 Å². The van der Waals surface area contributed by atoms with E-state index in [0.29, 0.717) is 6.04 Å². The fraction of sp³-hybridized carbons (Fsp3) is 0.647. The molecule has 1 aliphatic heterocycles. The smallest absolute Gasteiger partial charge is 0.0429 e. The van der Waals surface area contributed by atoms with Crippen molar-refractivity contribution in [2.75, 3.05) is 25.0 Å². The second-order valence-electron chi connectivity index (χ2n) is 6.71. The predicted octanol–water partition coefficient (Wildman–Crippen LogP) is 3.64. The zero-order chi connectivity index (χ0) is 13.8. The molecule has 0 saturated carbocycles. The van der Waals surface area contributed by atoms with E-state index in [-0.39, 0.29) is 0 Å². The van der Waals surface area contributed by atoms with E-state index in [1.165, 1.54) is 30.8 Å². The highest BCUT2D eigenvalue weighted by Gasteiger charge is 2.22. The lowest BCUT2D eigenvalue weighted by molar-refractivity contribution is 0.212. The van der Waals surface area contributed by atoms with Crippen LogP contribution in [0.2, 0.25) is 0 Å². The third-order valence-electron chi connectivity index (χ3n) is 3.57. The SMILES string of the molecule is CC(C)CN(CC(C)C)CC1Cc2ccccc2N1. The number of nitrogens with zero attached hydrogens (tertiary/aromatic N) is 1. The van der Waals surface area contributed by atoms with Crippen molar-refractivity contribution in [2.24, 2.45) is 11.8 Å². The molecule has 0 fully saturated rings. The van der Waals surface area contributed by atoms with Crippen LogP contribution >= 0.6 is 0 Å². The molecule has 106 valence electrons. The largest absolute Gasteiger partial charge is 0.380 e. The lowest BCUT2D eigenvalue weighted by atomic mass is 10.1. The van der Waals surface area contributed by atoms with Crippen molar-refractivity contribution >= 4 is 5.69 Å². The van der Waals surface area contributed by atoms with Gasteiger partial charge in [-0.2, -0.15) is 0 Å². The van der Waals surface area contributed by atoms with Gasteiger partial charge in [0.05, 0.1) is 0 Å². The fourth-order valence-corrected chi connectivity index (χ4v) is 3.05. The minimum absolute atomic E-state index is 0.579. The second-order valence-corrected chi connectivity index (χ2v) is 6.71. The Bertz CT molecular complexity index is 363. The quantitative estimate of drug-likeness (QED) is 0.840. The van der Waals surface area contributed by atoms with E-state index in [9.17, 15) is 0 Å². The molecule has 0 amide bonds. The average molecular weight is 260 g/mol. The first-order valence-corrected chi connectivity index (χ1v) is 7.61. The summed E-state index contributed by atoms with van der Waals surface area (Å²) in [6.07, 6.45) is 1.17. The van der Waals surface area contributed by atoms with E-state index in [4.69, 9.17) is 0 Å². The lowest BCUT2D eigenvalue weighted by Gasteiger charge is -2.29. The minimum Gasteiger partial charge on any atom is -0.380 e. The molecule has 2 rings (SSSR count). The van der Waals surface area contributed by atoms with Crippen LogP contribution in [0, 0.1) is 11.8 Å². The summed E-state index contributed by atoms with van der Waals surface area (Å²) in [5.74, 6) is 1.48. The van der Waals surface area contributed by atoms with E-state index < -0.39 is 0 Å². The Morgan fingerprint density at radius 1 is 1.11 bits per heavy atom. The van der Waals surface area contributed by atoms with Crippen LogP contribution in [0.3, 0.4) is 0 Å². The first kappa shape index (κ1) is 14.4. The Morgan fingerprint density at radius 3 is 2.32 bits per heavy atom. The molecule has 1 heterocycles. The number of rotatable bonds is 6. The third-order valence-corrected chi connectivity index (χ3v) is 3.57. The van der Waals surface area contributed by atoms with E-state index >= 15 is 0 Å². The molecule has 0 aromatic heterocycles. The zero-order valence-corrected chi connectivity index (χ0v) is 12.8. The molecule has 0 saturated heterocycles. The summed E-state index contributed by atoms with van der Waals surface area (Å²) in [4.78, 5) is 2.62. The molecule has 2 nitrogen and oxygen atoms in total. The van der Waals surface area contributed by atoms with Crippen LogP contribution in [-0.2, 0) is 6.42 Å². The van der Waals surface area contributed by atoms with Gasteiger partial charge in [0.2, 0.25) is 0 Å². The molecule has 0 aliphatic carbocycles. The Labute approximate surface area is 118 Å². The van der Waals surface area contributed by atoms with Gasteiger partial charge in [0.1, 0.15) is 0 Å². The number of para-hydroxylation sites is 1. The standard InChI is InChI=1S/C17H28N2/c1-13(2)10-19(11-14(3)4)12-16-9-15-7-5-6-8-17(15)18-16/h5-8,13-14,16,18H,9-12H2,1-4H3. The zero-order valence-electron chi connectivity index (χ0n) is 12.8. The summed E-state index contributed by atoms with van der Waals surface area (Å²) in [5.41, 5.74) is 2.81. The Kier molecular flexibility index (Phi) is 4.87. The Morgan fingerprint density at radius 2 is 1.74 bits per heavy atom. The van der Waals surface area contributed by atoms with E-state index in [1.807, 2.05) is 0 Å². The van der Waals surface area contributed by atoms with Crippen LogP contribution in [0.25, 0.3) is 0 Å². The topological polar surface area (TPSA) is 15.3 Å². The number of hydrogen-bond acceptors (Lipinski definition) is 2. The summed E-state index contributed by atoms with van der Waals surface area (Å²) in [7, 11) is 0. The molecule has 1 N–H and O–H groups in total. The normalized spacial score (nSPS) is 18.2. The number of anilines is 1. The molecule has 1 aromatic rings. The highest BCUT2D eigenvalue weighted by molar-refractivity contribution is 5.56. The maximum absolute atomic E-state index is 3.67. The summed E-state index contributed by atoms with van der Waals surface area (Å²) < 4.78 is 0. The number of hydrogen-bond donors (Lipinski definition) is 1. The first-order chi connectivity index (χ1) is 9.04. The molecule has 0 bridgehead atoms. The van der Waals surface area contributed by atoms with Crippen LogP contribution in [0.1, 0.15) is 33.3 Å². The molecule has 1 aromatic carbocycles. The maximum Gasteiger partial charge on any atom is 0.0429 e. The van der Waals surface area contributed by atoms with Gasteiger partial charge in [0, 0.05) is 31.4 Å². The molecule has 19 heavy (non-hydrogen) atoms. The number of fused-ring (bicyclic) bond motifs is 1. The molecule has 1 atom stereocenters. The van der Waals surface area contributed by atoms with E-state index in [1.54, 1.807) is 0 Å². The van der Waals surface area contributed by atoms with Gasteiger partial charge < -0.3 is 10.2 Å². The maximum atomic E-state index is 3.67.